The minimum Gasteiger partial charge on any atom is -0.492 e. The monoisotopic (exact) mass is 289 g/mol. The Balaban J connectivity index is 1.87. The lowest BCUT2D eigenvalue weighted by atomic mass is 10.2. The lowest BCUT2D eigenvalue weighted by Gasteiger charge is -2.04. The molecule has 0 aromatic carbocycles. The Bertz CT molecular complexity index is 613. The zero-order valence-electron chi connectivity index (χ0n) is 11.3. The van der Waals surface area contributed by atoms with Crippen LogP contribution in [0.1, 0.15) is 17.5 Å². The highest BCUT2D eigenvalue weighted by molar-refractivity contribution is 6.18. The number of alkyl halides is 1. The van der Waals surface area contributed by atoms with Gasteiger partial charge in [0.1, 0.15) is 5.75 Å². The highest BCUT2D eigenvalue weighted by Crippen LogP contribution is 2.11. The van der Waals surface area contributed by atoms with Crippen molar-refractivity contribution in [2.75, 3.05) is 12.5 Å². The molecule has 0 radical (unpaired) electrons. The number of aromatic nitrogens is 3. The van der Waals surface area contributed by atoms with E-state index in [9.17, 15) is 0 Å². The molecular weight excluding hydrogens is 274 g/mol. The molecule has 104 valence electrons. The van der Waals surface area contributed by atoms with Crippen LogP contribution in [0.2, 0.25) is 0 Å². The van der Waals surface area contributed by atoms with E-state index in [1.54, 1.807) is 17.1 Å². The molecule has 0 unspecified atom stereocenters. The number of nitrogens with zero attached hydrogens (tertiary/aromatic N) is 3. The topological polar surface area (TPSA) is 39.9 Å². The van der Waals surface area contributed by atoms with Crippen molar-refractivity contribution in [2.24, 2.45) is 7.05 Å². The van der Waals surface area contributed by atoms with E-state index in [1.165, 1.54) is 0 Å². The Morgan fingerprint density at radius 1 is 1.35 bits per heavy atom. The molecule has 0 aliphatic rings. The minimum atomic E-state index is 0.543. The van der Waals surface area contributed by atoms with E-state index in [1.807, 2.05) is 25.5 Å². The third-order valence-electron chi connectivity index (χ3n) is 2.58. The maximum absolute atomic E-state index is 5.67. The Morgan fingerprint density at radius 3 is 3.00 bits per heavy atom. The Morgan fingerprint density at radius 2 is 2.25 bits per heavy atom. The Hall–Kier alpha value is -1.99. The highest BCUT2D eigenvalue weighted by atomic mass is 35.5. The number of aryl methyl sites for hydroxylation is 1. The first-order valence-electron chi connectivity index (χ1n) is 6.38. The van der Waals surface area contributed by atoms with Gasteiger partial charge in [0, 0.05) is 43.7 Å². The van der Waals surface area contributed by atoms with Crippen LogP contribution in [0.5, 0.6) is 5.75 Å². The second-order valence-electron chi connectivity index (χ2n) is 4.27. The summed E-state index contributed by atoms with van der Waals surface area (Å²) >= 11 is 5.58. The molecule has 2 rings (SSSR count). The van der Waals surface area contributed by atoms with Crippen LogP contribution in [0.25, 0.3) is 0 Å². The molecule has 0 N–H and O–H groups in total. The summed E-state index contributed by atoms with van der Waals surface area (Å²) in [7, 11) is 1.90. The fraction of sp³-hybridized carbons (Fsp3) is 0.333. The van der Waals surface area contributed by atoms with Crippen molar-refractivity contribution in [1.82, 2.24) is 14.8 Å². The molecule has 0 amide bonds. The van der Waals surface area contributed by atoms with E-state index in [0.717, 1.165) is 23.3 Å². The zero-order valence-corrected chi connectivity index (χ0v) is 12.1. The van der Waals surface area contributed by atoms with Crippen molar-refractivity contribution in [3.8, 4) is 17.6 Å². The van der Waals surface area contributed by atoms with Gasteiger partial charge in [-0.15, -0.1) is 11.6 Å². The second kappa shape index (κ2) is 7.56. The summed E-state index contributed by atoms with van der Waals surface area (Å²) in [6.07, 6.45) is 8.72. The summed E-state index contributed by atoms with van der Waals surface area (Å²) in [5.74, 6) is 7.25. The fourth-order valence-corrected chi connectivity index (χ4v) is 1.76. The van der Waals surface area contributed by atoms with Gasteiger partial charge in [0.2, 0.25) is 0 Å². The highest BCUT2D eigenvalue weighted by Gasteiger charge is 1.99. The molecule has 2 aromatic rings. The molecule has 0 aliphatic heterocycles. The van der Waals surface area contributed by atoms with Crippen LogP contribution in [0.15, 0.2) is 30.9 Å². The summed E-state index contributed by atoms with van der Waals surface area (Å²) in [6, 6.07) is 1.89. The third kappa shape index (κ3) is 4.60. The smallest absolute Gasteiger partial charge is 0.138 e. The van der Waals surface area contributed by atoms with E-state index in [4.69, 9.17) is 16.3 Å². The average molecular weight is 290 g/mol. The SMILES string of the molecule is Cn1cc(CCOc2cncc(C#CCCCl)c2)cn1. The molecule has 0 fully saturated rings. The zero-order chi connectivity index (χ0) is 14.2. The summed E-state index contributed by atoms with van der Waals surface area (Å²) < 4.78 is 7.45. The van der Waals surface area contributed by atoms with E-state index < -0.39 is 0 Å². The number of ether oxygens (including phenoxy) is 1. The van der Waals surface area contributed by atoms with Gasteiger partial charge in [-0.1, -0.05) is 11.8 Å². The van der Waals surface area contributed by atoms with Gasteiger partial charge in [0.15, 0.2) is 0 Å². The second-order valence-corrected chi connectivity index (χ2v) is 4.65. The number of hydrogen-bond acceptors (Lipinski definition) is 3. The van der Waals surface area contributed by atoms with Crippen molar-refractivity contribution >= 4 is 11.6 Å². The number of halogens is 1. The summed E-state index contributed by atoms with van der Waals surface area (Å²) in [5.41, 5.74) is 1.99. The molecule has 0 bridgehead atoms. The van der Waals surface area contributed by atoms with Crippen molar-refractivity contribution in [3.05, 3.63) is 42.0 Å². The Labute approximate surface area is 123 Å². The predicted octanol–water partition coefficient (Wildman–Crippen LogP) is 2.42. The van der Waals surface area contributed by atoms with E-state index in [2.05, 4.69) is 21.9 Å². The maximum Gasteiger partial charge on any atom is 0.138 e. The lowest BCUT2D eigenvalue weighted by Crippen LogP contribution is -2.01. The lowest BCUT2D eigenvalue weighted by molar-refractivity contribution is 0.320. The van der Waals surface area contributed by atoms with E-state index in [0.29, 0.717) is 18.9 Å². The van der Waals surface area contributed by atoms with Gasteiger partial charge < -0.3 is 4.74 Å². The molecule has 0 saturated carbocycles. The largest absolute Gasteiger partial charge is 0.492 e. The molecule has 0 aliphatic carbocycles. The predicted molar refractivity (Wildman–Crippen MR) is 78.9 cm³/mol. The van der Waals surface area contributed by atoms with Crippen LogP contribution in [-0.4, -0.2) is 27.3 Å². The van der Waals surface area contributed by atoms with Crippen molar-refractivity contribution in [1.29, 1.82) is 0 Å². The quantitative estimate of drug-likeness (QED) is 0.627. The van der Waals surface area contributed by atoms with Crippen molar-refractivity contribution < 1.29 is 4.74 Å². The molecule has 2 aromatic heterocycles. The van der Waals surface area contributed by atoms with Crippen molar-refractivity contribution in [2.45, 2.75) is 12.8 Å². The molecule has 20 heavy (non-hydrogen) atoms. The van der Waals surface area contributed by atoms with Crippen LogP contribution in [0, 0.1) is 11.8 Å². The van der Waals surface area contributed by atoms with Gasteiger partial charge in [-0.3, -0.25) is 9.67 Å². The summed E-state index contributed by atoms with van der Waals surface area (Å²) in [5, 5.41) is 4.12. The Kier molecular flexibility index (Phi) is 5.45. The van der Waals surface area contributed by atoms with E-state index >= 15 is 0 Å². The van der Waals surface area contributed by atoms with Crippen LogP contribution in [-0.2, 0) is 13.5 Å². The molecule has 2 heterocycles. The number of pyridine rings is 1. The first-order valence-corrected chi connectivity index (χ1v) is 6.91. The molecule has 4 nitrogen and oxygen atoms in total. The van der Waals surface area contributed by atoms with E-state index in [-0.39, 0.29) is 0 Å². The molecule has 0 saturated heterocycles. The maximum atomic E-state index is 5.67. The van der Waals surface area contributed by atoms with Crippen LogP contribution >= 0.6 is 11.6 Å². The van der Waals surface area contributed by atoms with Crippen LogP contribution < -0.4 is 4.74 Å². The van der Waals surface area contributed by atoms with Crippen LogP contribution in [0.4, 0.5) is 0 Å². The molecule has 0 spiro atoms. The number of rotatable bonds is 5. The number of hydrogen-bond donors (Lipinski definition) is 0. The standard InChI is InChI=1S/C15H16ClN3O/c1-19-12-14(10-18-19)5-7-20-15-8-13(9-17-11-15)4-2-3-6-16/h8-12H,3,5-7H2,1H3. The average Bonchev–Trinajstić information content (AvgIpc) is 2.85. The van der Waals surface area contributed by atoms with Crippen molar-refractivity contribution in [3.63, 3.8) is 0 Å². The van der Waals surface area contributed by atoms with Gasteiger partial charge in [-0.2, -0.15) is 5.10 Å². The molecule has 0 atom stereocenters. The first-order chi connectivity index (χ1) is 9.78. The van der Waals surface area contributed by atoms with Gasteiger partial charge in [0.25, 0.3) is 0 Å². The molecular formula is C15H16ClN3O. The fourth-order valence-electron chi connectivity index (χ4n) is 1.67. The minimum absolute atomic E-state index is 0.543. The van der Waals surface area contributed by atoms with Gasteiger partial charge in [-0.25, -0.2) is 0 Å². The van der Waals surface area contributed by atoms with Gasteiger partial charge in [-0.05, 0) is 11.6 Å². The van der Waals surface area contributed by atoms with Crippen LogP contribution in [0.3, 0.4) is 0 Å². The van der Waals surface area contributed by atoms with Gasteiger partial charge >= 0.3 is 0 Å². The summed E-state index contributed by atoms with van der Waals surface area (Å²) in [6.45, 7) is 0.589. The van der Waals surface area contributed by atoms with Gasteiger partial charge in [0.05, 0.1) is 19.0 Å². The normalized spacial score (nSPS) is 9.90. The third-order valence-corrected chi connectivity index (χ3v) is 2.77. The molecule has 5 heteroatoms. The first kappa shape index (κ1) is 14.4. The summed E-state index contributed by atoms with van der Waals surface area (Å²) in [4.78, 5) is 4.12.